The minimum atomic E-state index is -0.557. The van der Waals surface area contributed by atoms with Gasteiger partial charge in [-0.15, -0.1) is 0 Å². The van der Waals surface area contributed by atoms with Crippen LogP contribution in [0.2, 0.25) is 0 Å². The van der Waals surface area contributed by atoms with Gasteiger partial charge in [0.1, 0.15) is 24.2 Å². The quantitative estimate of drug-likeness (QED) is 0.711. The third-order valence-electron chi connectivity index (χ3n) is 5.97. The number of aliphatic imine (C=N–C) groups is 1. The summed E-state index contributed by atoms with van der Waals surface area (Å²) in [5.41, 5.74) is 2.70. The lowest BCUT2D eigenvalue weighted by molar-refractivity contribution is -0.115. The molecule has 5 rings (SSSR count). The first-order chi connectivity index (χ1) is 15.2. The monoisotopic (exact) mass is 421 g/mol. The lowest BCUT2D eigenvalue weighted by Crippen LogP contribution is -2.49. The highest BCUT2D eigenvalue weighted by atomic mass is 16.5. The molecule has 8 nitrogen and oxygen atoms in total. The molecule has 0 amide bonds. The van der Waals surface area contributed by atoms with Gasteiger partial charge in [0.2, 0.25) is 0 Å². The van der Waals surface area contributed by atoms with Crippen molar-refractivity contribution in [1.29, 1.82) is 0 Å². The summed E-state index contributed by atoms with van der Waals surface area (Å²) in [7, 11) is 0. The number of aliphatic hydroxyl groups excluding tert-OH is 1. The summed E-state index contributed by atoms with van der Waals surface area (Å²) in [6.07, 6.45) is 5.14. The van der Waals surface area contributed by atoms with Gasteiger partial charge in [-0.1, -0.05) is 18.2 Å². The molecule has 8 heteroatoms. The Labute approximate surface area is 181 Å². The Morgan fingerprint density at radius 3 is 2.77 bits per heavy atom. The molecule has 0 aromatic heterocycles. The fourth-order valence-electron chi connectivity index (χ4n) is 4.32. The number of rotatable bonds is 6. The van der Waals surface area contributed by atoms with E-state index in [9.17, 15) is 9.90 Å². The predicted molar refractivity (Wildman–Crippen MR) is 118 cm³/mol. The number of carbonyl (C=O) groups is 1. The van der Waals surface area contributed by atoms with E-state index >= 15 is 0 Å². The van der Waals surface area contributed by atoms with E-state index in [4.69, 9.17) is 4.74 Å². The van der Waals surface area contributed by atoms with Crippen LogP contribution in [0.1, 0.15) is 6.42 Å². The van der Waals surface area contributed by atoms with Crippen molar-refractivity contribution >= 4 is 17.7 Å². The van der Waals surface area contributed by atoms with Gasteiger partial charge in [0.15, 0.2) is 11.6 Å². The van der Waals surface area contributed by atoms with Gasteiger partial charge in [-0.3, -0.25) is 9.69 Å². The molecule has 0 aliphatic carbocycles. The molecule has 0 saturated carbocycles. The van der Waals surface area contributed by atoms with Gasteiger partial charge in [0.25, 0.3) is 0 Å². The molecule has 0 bridgehead atoms. The first kappa shape index (κ1) is 19.8. The molecule has 1 aromatic carbocycles. The van der Waals surface area contributed by atoms with Crippen LogP contribution in [0.5, 0.6) is 0 Å². The van der Waals surface area contributed by atoms with Crippen molar-refractivity contribution < 1.29 is 14.6 Å². The van der Waals surface area contributed by atoms with Gasteiger partial charge in [-0.05, 0) is 12.1 Å². The topological polar surface area (TPSA) is 80.6 Å². The zero-order chi connectivity index (χ0) is 21.2. The molecule has 0 spiro atoms. The Kier molecular flexibility index (Phi) is 5.48. The van der Waals surface area contributed by atoms with Crippen LogP contribution in [-0.4, -0.2) is 78.9 Å². The normalized spacial score (nSPS) is 21.9. The van der Waals surface area contributed by atoms with Gasteiger partial charge >= 0.3 is 0 Å². The maximum absolute atomic E-state index is 12.0. The Hall–Kier alpha value is -3.10. The van der Waals surface area contributed by atoms with Crippen molar-refractivity contribution in [2.45, 2.75) is 12.5 Å². The molecule has 1 unspecified atom stereocenters. The van der Waals surface area contributed by atoms with Crippen molar-refractivity contribution in [3.05, 3.63) is 65.6 Å². The lowest BCUT2D eigenvalue weighted by atomic mass is 10.1. The number of ketones is 1. The number of hydrogen-bond acceptors (Lipinski definition) is 8. The van der Waals surface area contributed by atoms with Gasteiger partial charge in [0, 0.05) is 63.3 Å². The molecular weight excluding hydrogens is 394 g/mol. The number of aliphatic hydroxyl groups is 1. The number of carbonyl (C=O) groups excluding carboxylic acids is 1. The molecule has 1 saturated heterocycles. The van der Waals surface area contributed by atoms with Crippen molar-refractivity contribution in [3.8, 4) is 0 Å². The second-order valence-electron chi connectivity index (χ2n) is 8.14. The van der Waals surface area contributed by atoms with E-state index < -0.39 is 6.10 Å². The number of ether oxygens (including phenoxy) is 1. The number of allylic oxidation sites excluding steroid dienone is 2. The first-order valence-corrected chi connectivity index (χ1v) is 10.8. The van der Waals surface area contributed by atoms with Gasteiger partial charge < -0.3 is 25.0 Å². The van der Waals surface area contributed by atoms with Crippen molar-refractivity contribution in [2.75, 3.05) is 50.8 Å². The van der Waals surface area contributed by atoms with Crippen molar-refractivity contribution in [2.24, 2.45) is 4.99 Å². The second kappa shape index (κ2) is 8.56. The molecule has 4 aliphatic heterocycles. The smallest absolute Gasteiger partial charge is 0.188 e. The molecule has 1 fully saturated rings. The SMILES string of the molecule is O=C1CC=NC2=C1NC=C1C=C(OCC(O)CN3CCN(c4ccccc4)CC3)CN12. The average molecular weight is 422 g/mol. The van der Waals surface area contributed by atoms with Gasteiger partial charge in [-0.2, -0.15) is 0 Å². The van der Waals surface area contributed by atoms with Crippen molar-refractivity contribution in [1.82, 2.24) is 15.1 Å². The van der Waals surface area contributed by atoms with E-state index in [0.29, 0.717) is 31.0 Å². The highest BCUT2D eigenvalue weighted by Gasteiger charge is 2.32. The minimum Gasteiger partial charge on any atom is -0.493 e. The molecule has 4 heterocycles. The van der Waals surface area contributed by atoms with Gasteiger partial charge in [0.05, 0.1) is 12.2 Å². The van der Waals surface area contributed by atoms with Crippen LogP contribution in [0.4, 0.5) is 5.69 Å². The standard InChI is InChI=1S/C23H27N5O3/c29-19(14-26-8-10-27(11-9-26)17-4-2-1-3-5-17)16-31-20-12-18-13-25-22-21(30)6-7-24-23(22)28(18)15-20/h1-5,7,12-13,19,25,29H,6,8-11,14-16H2. The number of para-hydroxylation sites is 1. The highest BCUT2D eigenvalue weighted by molar-refractivity contribution is 6.05. The number of benzene rings is 1. The summed E-state index contributed by atoms with van der Waals surface area (Å²) in [6, 6.07) is 10.4. The lowest BCUT2D eigenvalue weighted by Gasteiger charge is -2.36. The Bertz CT molecular complexity index is 961. The van der Waals surface area contributed by atoms with E-state index in [0.717, 1.165) is 37.6 Å². The molecular formula is C23H27N5O3. The maximum atomic E-state index is 12.0. The summed E-state index contributed by atoms with van der Waals surface area (Å²) >= 11 is 0. The van der Waals surface area contributed by atoms with Crippen LogP contribution >= 0.6 is 0 Å². The van der Waals surface area contributed by atoms with Crippen LogP contribution in [-0.2, 0) is 9.53 Å². The van der Waals surface area contributed by atoms with Crippen LogP contribution in [0.3, 0.4) is 0 Å². The number of anilines is 1. The van der Waals surface area contributed by atoms with Crippen LogP contribution in [0.25, 0.3) is 0 Å². The summed E-state index contributed by atoms with van der Waals surface area (Å²) in [4.78, 5) is 23.1. The number of nitrogens with one attached hydrogen (secondary N) is 1. The highest BCUT2D eigenvalue weighted by Crippen LogP contribution is 2.31. The zero-order valence-corrected chi connectivity index (χ0v) is 17.4. The van der Waals surface area contributed by atoms with E-state index in [1.165, 1.54) is 5.69 Å². The second-order valence-corrected chi connectivity index (χ2v) is 8.14. The average Bonchev–Trinajstić information content (AvgIpc) is 3.23. The minimum absolute atomic E-state index is 0.0393. The third kappa shape index (κ3) is 4.22. The molecule has 0 radical (unpaired) electrons. The fourth-order valence-corrected chi connectivity index (χ4v) is 4.32. The Morgan fingerprint density at radius 2 is 1.97 bits per heavy atom. The molecule has 1 atom stereocenters. The van der Waals surface area contributed by atoms with Crippen LogP contribution in [0, 0.1) is 0 Å². The largest absolute Gasteiger partial charge is 0.493 e. The number of hydrogen-bond donors (Lipinski definition) is 2. The maximum Gasteiger partial charge on any atom is 0.188 e. The Balaban J connectivity index is 1.09. The zero-order valence-electron chi connectivity index (χ0n) is 17.4. The molecule has 4 aliphatic rings. The van der Waals surface area contributed by atoms with Gasteiger partial charge in [-0.25, -0.2) is 4.99 Å². The molecule has 31 heavy (non-hydrogen) atoms. The van der Waals surface area contributed by atoms with E-state index in [2.05, 4.69) is 44.4 Å². The van der Waals surface area contributed by atoms with E-state index in [1.807, 2.05) is 17.0 Å². The van der Waals surface area contributed by atoms with Crippen molar-refractivity contribution in [3.63, 3.8) is 0 Å². The predicted octanol–water partition coefficient (Wildman–Crippen LogP) is 1.04. The summed E-state index contributed by atoms with van der Waals surface area (Å²) < 4.78 is 5.90. The summed E-state index contributed by atoms with van der Waals surface area (Å²) in [5, 5.41) is 13.5. The van der Waals surface area contributed by atoms with E-state index in [1.54, 1.807) is 12.4 Å². The number of piperazine rings is 1. The number of Topliss-reactive ketones (excluding diaryl/α,β-unsaturated/α-hetero) is 1. The summed E-state index contributed by atoms with van der Waals surface area (Å²) in [6.45, 7) is 5.10. The molecule has 2 N–H and O–H groups in total. The van der Waals surface area contributed by atoms with Crippen LogP contribution < -0.4 is 10.2 Å². The van der Waals surface area contributed by atoms with Crippen LogP contribution in [0.15, 0.2) is 70.6 Å². The fraction of sp³-hybridized carbons (Fsp3) is 0.391. The summed E-state index contributed by atoms with van der Waals surface area (Å²) in [5.74, 6) is 1.45. The molecule has 162 valence electrons. The van der Waals surface area contributed by atoms with E-state index in [-0.39, 0.29) is 12.4 Å². The number of β-amino-alcohol motifs (C(OH)–C–C–N with tert-alkyl or cyclic N) is 1. The number of fused-ring (bicyclic) bond motifs is 2. The first-order valence-electron chi connectivity index (χ1n) is 10.8. The number of nitrogens with zero attached hydrogens (tertiary/aromatic N) is 4. The third-order valence-corrected chi connectivity index (χ3v) is 5.97. The molecule has 1 aromatic rings. The Morgan fingerprint density at radius 1 is 1.16 bits per heavy atom.